The average Bonchev–Trinajstić information content (AvgIpc) is 2.55. The molecule has 0 aliphatic carbocycles. The Bertz CT molecular complexity index is 456. The first-order chi connectivity index (χ1) is 10.8. The molecule has 0 saturated carbocycles. The molecule has 0 amide bonds. The van der Waals surface area contributed by atoms with Crippen LogP contribution in [0.25, 0.3) is 0 Å². The third-order valence-corrected chi connectivity index (χ3v) is 3.89. The predicted molar refractivity (Wildman–Crippen MR) is 90.6 cm³/mol. The lowest BCUT2D eigenvalue weighted by molar-refractivity contribution is 0.296. The number of ether oxygens (including phenoxy) is 2. The fourth-order valence-electron chi connectivity index (χ4n) is 2.71. The Kier molecular flexibility index (Phi) is 7.26. The van der Waals surface area contributed by atoms with Crippen molar-refractivity contribution < 1.29 is 9.47 Å². The standard InChI is InChI=1S/C18H28N2O2/c1-3-11-22-17-6-5-16(12-18(17)21-4-2)14-20-13-15-7-9-19-10-8-15/h3,5-6,12,15,19-20H,1,4,7-11,13-14H2,2H3. The third-order valence-electron chi connectivity index (χ3n) is 3.89. The molecule has 2 N–H and O–H groups in total. The lowest BCUT2D eigenvalue weighted by atomic mass is 9.98. The van der Waals surface area contributed by atoms with Crippen LogP contribution in [0.4, 0.5) is 0 Å². The van der Waals surface area contributed by atoms with E-state index in [2.05, 4.69) is 29.3 Å². The molecule has 2 rings (SSSR count). The summed E-state index contributed by atoms with van der Waals surface area (Å²) < 4.78 is 11.3. The number of benzene rings is 1. The molecular weight excluding hydrogens is 276 g/mol. The van der Waals surface area contributed by atoms with E-state index < -0.39 is 0 Å². The van der Waals surface area contributed by atoms with Gasteiger partial charge in [-0.2, -0.15) is 0 Å². The molecule has 0 bridgehead atoms. The van der Waals surface area contributed by atoms with Gasteiger partial charge in [-0.05, 0) is 63.0 Å². The second-order valence-corrected chi connectivity index (χ2v) is 5.64. The van der Waals surface area contributed by atoms with Crippen molar-refractivity contribution >= 4 is 0 Å². The molecule has 1 heterocycles. The Hall–Kier alpha value is -1.52. The highest BCUT2D eigenvalue weighted by atomic mass is 16.5. The second-order valence-electron chi connectivity index (χ2n) is 5.64. The van der Waals surface area contributed by atoms with Crippen molar-refractivity contribution in [1.29, 1.82) is 0 Å². The van der Waals surface area contributed by atoms with Crippen LogP contribution >= 0.6 is 0 Å². The van der Waals surface area contributed by atoms with Crippen LogP contribution in [0.1, 0.15) is 25.3 Å². The zero-order valence-electron chi connectivity index (χ0n) is 13.6. The van der Waals surface area contributed by atoms with Crippen LogP contribution < -0.4 is 20.1 Å². The normalized spacial score (nSPS) is 15.5. The lowest BCUT2D eigenvalue weighted by Gasteiger charge is -2.23. The van der Waals surface area contributed by atoms with Crippen molar-refractivity contribution in [3.63, 3.8) is 0 Å². The summed E-state index contributed by atoms with van der Waals surface area (Å²) in [6.07, 6.45) is 4.28. The Morgan fingerprint density at radius 2 is 2.09 bits per heavy atom. The van der Waals surface area contributed by atoms with Crippen LogP contribution in [0, 0.1) is 5.92 Å². The number of nitrogens with one attached hydrogen (secondary N) is 2. The Morgan fingerprint density at radius 3 is 2.82 bits per heavy atom. The predicted octanol–water partition coefficient (Wildman–Crippen LogP) is 2.74. The molecule has 22 heavy (non-hydrogen) atoms. The molecule has 0 atom stereocenters. The van der Waals surface area contributed by atoms with Crippen molar-refractivity contribution in [2.75, 3.05) is 32.8 Å². The molecule has 122 valence electrons. The molecule has 1 aromatic rings. The van der Waals surface area contributed by atoms with E-state index in [1.807, 2.05) is 13.0 Å². The summed E-state index contributed by atoms with van der Waals surface area (Å²) in [7, 11) is 0. The Morgan fingerprint density at radius 1 is 1.27 bits per heavy atom. The van der Waals surface area contributed by atoms with Crippen LogP contribution in [-0.4, -0.2) is 32.8 Å². The van der Waals surface area contributed by atoms with Gasteiger partial charge in [-0.25, -0.2) is 0 Å². The molecule has 0 unspecified atom stereocenters. The number of rotatable bonds is 9. The minimum Gasteiger partial charge on any atom is -0.490 e. The average molecular weight is 304 g/mol. The highest BCUT2D eigenvalue weighted by molar-refractivity contribution is 5.43. The maximum atomic E-state index is 5.68. The van der Waals surface area contributed by atoms with E-state index in [0.717, 1.165) is 43.6 Å². The molecule has 0 radical (unpaired) electrons. The summed E-state index contributed by atoms with van der Waals surface area (Å²) in [5.74, 6) is 2.39. The molecule has 1 aliphatic heterocycles. The van der Waals surface area contributed by atoms with Crippen molar-refractivity contribution in [3.8, 4) is 11.5 Å². The van der Waals surface area contributed by atoms with Gasteiger partial charge in [0.1, 0.15) is 6.61 Å². The van der Waals surface area contributed by atoms with Crippen molar-refractivity contribution in [3.05, 3.63) is 36.4 Å². The van der Waals surface area contributed by atoms with Crippen molar-refractivity contribution in [2.24, 2.45) is 5.92 Å². The summed E-state index contributed by atoms with van der Waals surface area (Å²) in [6.45, 7) is 11.0. The molecule has 1 saturated heterocycles. The summed E-state index contributed by atoms with van der Waals surface area (Å²) >= 11 is 0. The van der Waals surface area contributed by atoms with E-state index in [4.69, 9.17) is 9.47 Å². The zero-order chi connectivity index (χ0) is 15.6. The Labute approximate surface area is 133 Å². The lowest BCUT2D eigenvalue weighted by Crippen LogP contribution is -2.33. The zero-order valence-corrected chi connectivity index (χ0v) is 13.6. The topological polar surface area (TPSA) is 42.5 Å². The molecule has 4 heteroatoms. The van der Waals surface area contributed by atoms with Crippen molar-refractivity contribution in [1.82, 2.24) is 10.6 Å². The van der Waals surface area contributed by atoms with Gasteiger partial charge in [0, 0.05) is 6.54 Å². The Balaban J connectivity index is 1.86. The molecule has 1 aliphatic rings. The molecule has 0 aromatic heterocycles. The fraction of sp³-hybridized carbons (Fsp3) is 0.556. The van der Waals surface area contributed by atoms with Gasteiger partial charge in [0.2, 0.25) is 0 Å². The summed E-state index contributed by atoms with van der Waals surface area (Å²) in [5.41, 5.74) is 1.23. The number of hydrogen-bond donors (Lipinski definition) is 2. The largest absolute Gasteiger partial charge is 0.490 e. The van der Waals surface area contributed by atoms with Crippen LogP contribution in [0.5, 0.6) is 11.5 Å². The van der Waals surface area contributed by atoms with E-state index in [1.54, 1.807) is 6.08 Å². The molecule has 4 nitrogen and oxygen atoms in total. The van der Waals surface area contributed by atoms with Gasteiger partial charge in [0.15, 0.2) is 11.5 Å². The maximum absolute atomic E-state index is 5.68. The molecule has 0 spiro atoms. The minimum absolute atomic E-state index is 0.493. The first-order valence-electron chi connectivity index (χ1n) is 8.24. The quantitative estimate of drug-likeness (QED) is 0.689. The van der Waals surface area contributed by atoms with Gasteiger partial charge in [0.25, 0.3) is 0 Å². The molecule has 1 fully saturated rings. The van der Waals surface area contributed by atoms with E-state index in [9.17, 15) is 0 Å². The van der Waals surface area contributed by atoms with E-state index in [0.29, 0.717) is 13.2 Å². The van der Waals surface area contributed by atoms with Gasteiger partial charge in [-0.15, -0.1) is 0 Å². The fourth-order valence-corrected chi connectivity index (χ4v) is 2.71. The first-order valence-corrected chi connectivity index (χ1v) is 8.24. The van der Waals surface area contributed by atoms with E-state index >= 15 is 0 Å². The maximum Gasteiger partial charge on any atom is 0.161 e. The van der Waals surface area contributed by atoms with Crippen LogP contribution in [0.3, 0.4) is 0 Å². The smallest absolute Gasteiger partial charge is 0.161 e. The monoisotopic (exact) mass is 304 g/mol. The highest BCUT2D eigenvalue weighted by Crippen LogP contribution is 2.28. The third kappa shape index (κ3) is 5.35. The van der Waals surface area contributed by atoms with Crippen LogP contribution in [0.2, 0.25) is 0 Å². The van der Waals surface area contributed by atoms with E-state index in [1.165, 1.54) is 18.4 Å². The van der Waals surface area contributed by atoms with Gasteiger partial charge in [-0.1, -0.05) is 18.7 Å². The van der Waals surface area contributed by atoms with E-state index in [-0.39, 0.29) is 0 Å². The highest BCUT2D eigenvalue weighted by Gasteiger charge is 2.12. The number of hydrogen-bond acceptors (Lipinski definition) is 4. The van der Waals surface area contributed by atoms with Crippen LogP contribution in [0.15, 0.2) is 30.9 Å². The summed E-state index contributed by atoms with van der Waals surface area (Å²) in [6, 6.07) is 6.14. The van der Waals surface area contributed by atoms with Crippen molar-refractivity contribution in [2.45, 2.75) is 26.3 Å². The summed E-state index contributed by atoms with van der Waals surface area (Å²) in [5, 5.41) is 6.97. The second kappa shape index (κ2) is 9.49. The van der Waals surface area contributed by atoms with Gasteiger partial charge < -0.3 is 20.1 Å². The SMILES string of the molecule is C=CCOc1ccc(CNCC2CCNCC2)cc1OCC. The van der Waals surface area contributed by atoms with Crippen LogP contribution in [-0.2, 0) is 6.54 Å². The minimum atomic E-state index is 0.493. The number of piperidine rings is 1. The van der Waals surface area contributed by atoms with Gasteiger partial charge in [0.05, 0.1) is 6.61 Å². The molecule has 1 aromatic carbocycles. The van der Waals surface area contributed by atoms with Gasteiger partial charge >= 0.3 is 0 Å². The summed E-state index contributed by atoms with van der Waals surface area (Å²) in [4.78, 5) is 0. The first kappa shape index (κ1) is 16.8. The van der Waals surface area contributed by atoms with Gasteiger partial charge in [-0.3, -0.25) is 0 Å². The molecular formula is C18H28N2O2.